The molecule has 0 aliphatic carbocycles. The van der Waals surface area contributed by atoms with Gasteiger partial charge in [0.05, 0.1) is 17.7 Å². The number of oxazole rings is 1. The van der Waals surface area contributed by atoms with Gasteiger partial charge in [-0.15, -0.1) is 0 Å². The van der Waals surface area contributed by atoms with Crippen molar-refractivity contribution in [2.75, 3.05) is 12.8 Å². The molecule has 2 aliphatic rings. The first-order valence-electron chi connectivity index (χ1n) is 11.7. The number of halogens is 2. The van der Waals surface area contributed by atoms with Gasteiger partial charge >= 0.3 is 5.97 Å². The van der Waals surface area contributed by atoms with Crippen LogP contribution in [0.3, 0.4) is 0 Å². The normalized spacial score (nSPS) is 20.9. The van der Waals surface area contributed by atoms with Gasteiger partial charge in [-0.05, 0) is 31.4 Å². The number of hydrogen-bond acceptors (Lipinski definition) is 9. The summed E-state index contributed by atoms with van der Waals surface area (Å²) in [7, 11) is -3.83. The number of ketones is 1. The minimum absolute atomic E-state index is 0.0332. The van der Waals surface area contributed by atoms with Crippen molar-refractivity contribution in [3.05, 3.63) is 28.1 Å². The van der Waals surface area contributed by atoms with Gasteiger partial charge in [0.25, 0.3) is 11.8 Å². The van der Waals surface area contributed by atoms with E-state index >= 15 is 0 Å². The van der Waals surface area contributed by atoms with Crippen LogP contribution in [0.25, 0.3) is 11.1 Å². The van der Waals surface area contributed by atoms with E-state index in [1.54, 1.807) is 0 Å². The fourth-order valence-electron chi connectivity index (χ4n) is 4.51. The number of fused-ring (bicyclic) bond motifs is 2. The van der Waals surface area contributed by atoms with E-state index in [1.165, 1.54) is 12.1 Å². The van der Waals surface area contributed by atoms with Crippen LogP contribution in [0, 0.1) is 0 Å². The minimum Gasteiger partial charge on any atom is -0.481 e. The highest BCUT2D eigenvalue weighted by atomic mass is 35.5. The lowest BCUT2D eigenvalue weighted by Crippen LogP contribution is -2.64. The second-order valence-corrected chi connectivity index (χ2v) is 11.7. The van der Waals surface area contributed by atoms with Crippen molar-refractivity contribution in [2.45, 2.75) is 50.2 Å². The second-order valence-electron chi connectivity index (χ2n) is 9.12. The molecule has 1 aromatic carbocycles. The van der Waals surface area contributed by atoms with E-state index in [0.717, 1.165) is 16.3 Å². The highest BCUT2D eigenvalue weighted by Crippen LogP contribution is 2.29. The molecule has 2 unspecified atom stereocenters. The first kappa shape index (κ1) is 28.7. The SMILES string of the molecule is CS(=O)(=O)N[C@H]1CCC(=O)N2CCCC(C(=O)NC(CC(=O)O)C(=O)c3nc4cc(Cl)cc(Cl)c4o3)N2C1=O. The van der Waals surface area contributed by atoms with Crippen LogP contribution in [-0.2, 0) is 29.2 Å². The Morgan fingerprint density at radius 3 is 2.62 bits per heavy atom. The lowest BCUT2D eigenvalue weighted by molar-refractivity contribution is -0.176. The third-order valence-electron chi connectivity index (χ3n) is 6.15. The van der Waals surface area contributed by atoms with Gasteiger partial charge in [-0.1, -0.05) is 23.2 Å². The van der Waals surface area contributed by atoms with Gasteiger partial charge in [-0.3, -0.25) is 29.0 Å². The summed E-state index contributed by atoms with van der Waals surface area (Å²) in [5.41, 5.74) is 0.170. The van der Waals surface area contributed by atoms with E-state index < -0.39 is 69.9 Å². The Morgan fingerprint density at radius 1 is 1.23 bits per heavy atom. The number of hydrogen-bond donors (Lipinski definition) is 3. The minimum atomic E-state index is -3.83. The summed E-state index contributed by atoms with van der Waals surface area (Å²) in [5.74, 6) is -5.15. The second kappa shape index (κ2) is 11.1. The van der Waals surface area contributed by atoms with Crippen LogP contribution in [0.4, 0.5) is 0 Å². The number of aromatic nitrogens is 1. The fraction of sp³-hybridized carbons (Fsp3) is 0.455. The van der Waals surface area contributed by atoms with Crippen molar-refractivity contribution >= 4 is 73.8 Å². The van der Waals surface area contributed by atoms with E-state index in [-0.39, 0.29) is 47.0 Å². The third-order valence-corrected chi connectivity index (χ3v) is 7.36. The van der Waals surface area contributed by atoms with Gasteiger partial charge in [0.2, 0.25) is 27.6 Å². The predicted molar refractivity (Wildman–Crippen MR) is 135 cm³/mol. The number of nitrogens with zero attached hydrogens (tertiary/aromatic N) is 3. The van der Waals surface area contributed by atoms with Gasteiger partial charge in [0.1, 0.15) is 23.6 Å². The Morgan fingerprint density at radius 2 is 1.95 bits per heavy atom. The number of benzene rings is 1. The summed E-state index contributed by atoms with van der Waals surface area (Å²) < 4.78 is 31.2. The predicted octanol–water partition coefficient (Wildman–Crippen LogP) is 0.723. The maximum atomic E-state index is 13.4. The molecule has 2 aliphatic heterocycles. The molecule has 0 saturated carbocycles. The van der Waals surface area contributed by atoms with E-state index in [0.29, 0.717) is 6.42 Å². The van der Waals surface area contributed by atoms with Gasteiger partial charge in [-0.2, -0.15) is 0 Å². The molecule has 3 N–H and O–H groups in total. The summed E-state index contributed by atoms with van der Waals surface area (Å²) in [4.78, 5) is 68.2. The molecule has 1 aromatic heterocycles. The number of Topliss-reactive ketones (excluding diaryl/α,β-unsaturated/α-hetero) is 1. The number of carboxylic acid groups (broad SMARTS) is 1. The van der Waals surface area contributed by atoms with Crippen LogP contribution in [0.2, 0.25) is 10.0 Å². The molecule has 39 heavy (non-hydrogen) atoms. The van der Waals surface area contributed by atoms with E-state index in [9.17, 15) is 37.5 Å². The van der Waals surface area contributed by atoms with E-state index in [4.69, 9.17) is 27.6 Å². The van der Waals surface area contributed by atoms with Crippen molar-refractivity contribution in [1.82, 2.24) is 25.0 Å². The molecule has 0 radical (unpaired) electrons. The Labute approximate surface area is 231 Å². The highest BCUT2D eigenvalue weighted by Gasteiger charge is 2.45. The zero-order valence-electron chi connectivity index (χ0n) is 20.3. The van der Waals surface area contributed by atoms with Gasteiger partial charge < -0.3 is 14.8 Å². The van der Waals surface area contributed by atoms with Crippen molar-refractivity contribution in [3.8, 4) is 0 Å². The molecule has 14 nitrogen and oxygen atoms in total. The van der Waals surface area contributed by atoms with Crippen molar-refractivity contribution in [3.63, 3.8) is 0 Å². The zero-order valence-corrected chi connectivity index (χ0v) is 22.7. The zero-order chi connectivity index (χ0) is 28.6. The van der Waals surface area contributed by atoms with Gasteiger partial charge in [0.15, 0.2) is 5.58 Å². The van der Waals surface area contributed by atoms with Crippen LogP contribution < -0.4 is 10.0 Å². The molecule has 17 heteroatoms. The first-order chi connectivity index (χ1) is 18.2. The molecule has 0 spiro atoms. The Kier molecular flexibility index (Phi) is 8.16. The van der Waals surface area contributed by atoms with Gasteiger partial charge in [0, 0.05) is 18.0 Å². The number of carboxylic acids is 1. The summed E-state index contributed by atoms with van der Waals surface area (Å²) in [5, 5.41) is 14.0. The summed E-state index contributed by atoms with van der Waals surface area (Å²) in [6.07, 6.45) is 0.141. The van der Waals surface area contributed by atoms with Crippen molar-refractivity contribution in [1.29, 1.82) is 0 Å². The number of carbonyl (C=O) groups is 5. The maximum Gasteiger partial charge on any atom is 0.305 e. The molecule has 4 rings (SSSR count). The molecule has 210 valence electrons. The summed E-state index contributed by atoms with van der Waals surface area (Å²) in [6.45, 7) is 0.115. The third kappa shape index (κ3) is 6.32. The van der Waals surface area contributed by atoms with E-state index in [2.05, 4.69) is 15.0 Å². The monoisotopic (exact) mass is 603 g/mol. The Balaban J connectivity index is 1.62. The summed E-state index contributed by atoms with van der Waals surface area (Å²) in [6, 6.07) is -1.53. The number of carbonyl (C=O) groups excluding carboxylic acids is 4. The van der Waals surface area contributed by atoms with Crippen LogP contribution in [0.15, 0.2) is 16.5 Å². The number of nitrogens with one attached hydrogen (secondary N) is 2. The van der Waals surface area contributed by atoms with Crippen molar-refractivity contribution in [2.24, 2.45) is 0 Å². The van der Waals surface area contributed by atoms with Crippen LogP contribution in [0.5, 0.6) is 0 Å². The topological polar surface area (TPSA) is 196 Å². The standard InChI is InChI=1S/C22H23Cl2N5O9S/c1-39(36,37)27-12-4-5-16(30)28-6-2-3-15(29(28)22(12)35)20(34)25-13(9-17(31)32)18(33)21-26-14-8-10(23)7-11(24)19(14)38-21/h7-8,12-13,15,27H,2-6,9H2,1H3,(H,25,34)(H,31,32)/t12-,13?,15?/m0/s1. The van der Waals surface area contributed by atoms with Crippen LogP contribution in [0.1, 0.15) is 42.8 Å². The number of amides is 3. The number of hydrazine groups is 1. The molecule has 2 aromatic rings. The lowest BCUT2D eigenvalue weighted by atomic mass is 10.0. The fourth-order valence-corrected chi connectivity index (χ4v) is 5.76. The average molecular weight is 604 g/mol. The molecule has 3 heterocycles. The smallest absolute Gasteiger partial charge is 0.305 e. The molecular formula is C22H23Cl2N5O9S. The maximum absolute atomic E-state index is 13.4. The number of sulfonamides is 1. The molecule has 2 saturated heterocycles. The highest BCUT2D eigenvalue weighted by molar-refractivity contribution is 7.88. The first-order valence-corrected chi connectivity index (χ1v) is 14.3. The van der Waals surface area contributed by atoms with Crippen LogP contribution in [-0.4, -0.2) is 88.9 Å². The Hall–Kier alpha value is -3.27. The number of rotatable bonds is 8. The largest absolute Gasteiger partial charge is 0.481 e. The van der Waals surface area contributed by atoms with E-state index in [1.807, 2.05) is 0 Å². The number of aliphatic carboxylic acids is 1. The Bertz CT molecular complexity index is 1480. The molecule has 3 amide bonds. The molecule has 3 atom stereocenters. The van der Waals surface area contributed by atoms with Crippen LogP contribution >= 0.6 is 23.2 Å². The molecule has 0 bridgehead atoms. The lowest BCUT2D eigenvalue weighted by Gasteiger charge is -2.43. The van der Waals surface area contributed by atoms with Gasteiger partial charge in [-0.25, -0.2) is 23.1 Å². The molecular weight excluding hydrogens is 581 g/mol. The molecule has 2 fully saturated rings. The summed E-state index contributed by atoms with van der Waals surface area (Å²) >= 11 is 12.0. The van der Waals surface area contributed by atoms with Crippen molar-refractivity contribution < 1.29 is 41.9 Å². The average Bonchev–Trinajstić information content (AvgIpc) is 3.23. The quantitative estimate of drug-likeness (QED) is 0.361.